The molecule has 2 amide bonds. The lowest BCUT2D eigenvalue weighted by Crippen LogP contribution is -2.45. The number of rotatable bonds is 8. The van der Waals surface area contributed by atoms with E-state index < -0.39 is 0 Å². The molecule has 55 heavy (non-hydrogen) atoms. The fourth-order valence-electron chi connectivity index (χ4n) is 7.96. The Morgan fingerprint density at radius 2 is 1.47 bits per heavy atom. The summed E-state index contributed by atoms with van der Waals surface area (Å²) >= 11 is 0. The molecule has 3 N–H and O–H groups in total. The SMILES string of the molecule is COc1cc2c(cc1OCc1ccnc(COc3cc4c(cc3OC)C(=O)N3Cc5cc(N)ccc5C[C@H]3C=N4)c1)NC[C@@H]1Cc3ccccc3CN1C2=O. The van der Waals surface area contributed by atoms with Gasteiger partial charge in [0.1, 0.15) is 13.2 Å². The zero-order chi connectivity index (χ0) is 37.6. The normalized spacial score (nSPS) is 17.9. The van der Waals surface area contributed by atoms with Gasteiger partial charge in [0, 0.05) is 49.9 Å². The quantitative estimate of drug-likeness (QED) is 0.181. The van der Waals surface area contributed by atoms with Crippen LogP contribution in [-0.4, -0.2) is 65.7 Å². The van der Waals surface area contributed by atoms with Crippen LogP contribution in [-0.2, 0) is 39.1 Å². The third kappa shape index (κ3) is 6.43. The lowest BCUT2D eigenvalue weighted by Gasteiger charge is -2.35. The maximum absolute atomic E-state index is 13.8. The van der Waals surface area contributed by atoms with Crippen molar-refractivity contribution in [2.45, 2.75) is 51.2 Å². The van der Waals surface area contributed by atoms with Crippen LogP contribution >= 0.6 is 0 Å². The molecule has 0 radical (unpaired) electrons. The van der Waals surface area contributed by atoms with Gasteiger partial charge < -0.3 is 39.8 Å². The second-order valence-electron chi connectivity index (χ2n) is 14.3. The Bertz CT molecular complexity index is 2380. The van der Waals surface area contributed by atoms with Crippen LogP contribution in [0.4, 0.5) is 17.1 Å². The van der Waals surface area contributed by atoms with Gasteiger partial charge in [0.15, 0.2) is 23.0 Å². The zero-order valence-electron chi connectivity index (χ0n) is 30.6. The van der Waals surface area contributed by atoms with E-state index in [1.165, 1.54) is 11.1 Å². The molecular formula is C43H40N6O6. The van der Waals surface area contributed by atoms with Crippen LogP contribution in [0.2, 0.25) is 0 Å². The third-order valence-corrected chi connectivity index (χ3v) is 10.9. The second-order valence-corrected chi connectivity index (χ2v) is 14.3. The molecule has 5 aromatic rings. The number of nitrogen functional groups attached to an aromatic ring is 1. The summed E-state index contributed by atoms with van der Waals surface area (Å²) in [4.78, 5) is 40.7. The van der Waals surface area contributed by atoms with E-state index in [0.717, 1.165) is 28.8 Å². The second kappa shape index (κ2) is 14.0. The van der Waals surface area contributed by atoms with E-state index in [1.807, 2.05) is 58.5 Å². The Morgan fingerprint density at radius 3 is 2.31 bits per heavy atom. The topological polar surface area (TPSA) is 141 Å². The van der Waals surface area contributed by atoms with E-state index in [-0.39, 0.29) is 37.1 Å². The fraction of sp³-hybridized carbons (Fsp3) is 0.256. The summed E-state index contributed by atoms with van der Waals surface area (Å²) in [5.41, 5.74) is 15.2. The maximum atomic E-state index is 13.8. The van der Waals surface area contributed by atoms with Gasteiger partial charge in [-0.15, -0.1) is 0 Å². The highest BCUT2D eigenvalue weighted by atomic mass is 16.5. The largest absolute Gasteiger partial charge is 0.493 e. The molecule has 0 bridgehead atoms. The van der Waals surface area contributed by atoms with Crippen molar-refractivity contribution in [3.8, 4) is 23.0 Å². The maximum Gasteiger partial charge on any atom is 0.257 e. The lowest BCUT2D eigenvalue weighted by atomic mass is 9.93. The van der Waals surface area contributed by atoms with Crippen LogP contribution < -0.4 is 30.0 Å². The van der Waals surface area contributed by atoms with Gasteiger partial charge in [0.2, 0.25) is 0 Å². The number of nitrogens with zero attached hydrogens (tertiary/aromatic N) is 4. The number of carbonyl (C=O) groups excluding carboxylic acids is 2. The molecule has 9 rings (SSSR count). The molecule has 4 aliphatic heterocycles. The number of methoxy groups -OCH3 is 2. The minimum absolute atomic E-state index is 0.0274. The Morgan fingerprint density at radius 1 is 0.745 bits per heavy atom. The highest BCUT2D eigenvalue weighted by molar-refractivity contribution is 6.04. The van der Waals surface area contributed by atoms with Gasteiger partial charge in [-0.25, -0.2) is 0 Å². The van der Waals surface area contributed by atoms with Gasteiger partial charge in [-0.3, -0.25) is 19.6 Å². The zero-order valence-corrected chi connectivity index (χ0v) is 30.6. The predicted molar refractivity (Wildman–Crippen MR) is 208 cm³/mol. The number of carbonyl (C=O) groups is 2. The molecule has 2 atom stereocenters. The molecule has 0 spiro atoms. The average Bonchev–Trinajstić information content (AvgIpc) is 3.42. The first-order valence-electron chi connectivity index (χ1n) is 18.3. The summed E-state index contributed by atoms with van der Waals surface area (Å²) in [6.45, 7) is 2.03. The number of amides is 2. The standard InChI is InChI=1S/C43H40N6O6/c1-52-38-15-34-36(46-19-32-13-26-5-3-4-6-28(26)21-48(32)42(34)50)17-40(38)54-23-25-9-10-45-31(11-25)24-55-41-18-37-35(16-39(41)53-2)43(51)49-22-29-12-30(44)8-7-27(29)14-33(49)20-47-37/h3-12,15-18,20,32-33,46H,13-14,19,21-24,44H2,1-2H3/t32-,33-/m0/s1. The highest BCUT2D eigenvalue weighted by Gasteiger charge is 2.35. The molecule has 0 fully saturated rings. The van der Waals surface area contributed by atoms with Crippen LogP contribution in [0.5, 0.6) is 23.0 Å². The van der Waals surface area contributed by atoms with Gasteiger partial charge in [-0.05, 0) is 77.1 Å². The van der Waals surface area contributed by atoms with Crippen LogP contribution in [0.1, 0.15) is 54.2 Å². The van der Waals surface area contributed by atoms with Crippen molar-refractivity contribution < 1.29 is 28.5 Å². The predicted octanol–water partition coefficient (Wildman–Crippen LogP) is 6.11. The van der Waals surface area contributed by atoms with Crippen LogP contribution in [0.15, 0.2) is 90.1 Å². The monoisotopic (exact) mass is 736 g/mol. The van der Waals surface area contributed by atoms with E-state index in [0.29, 0.717) is 77.2 Å². The molecule has 278 valence electrons. The molecule has 12 nitrogen and oxygen atoms in total. The molecule has 1 aromatic heterocycles. The van der Waals surface area contributed by atoms with Gasteiger partial charge in [-0.2, -0.15) is 0 Å². The summed E-state index contributed by atoms with van der Waals surface area (Å²) < 4.78 is 23.9. The Balaban J connectivity index is 0.888. The summed E-state index contributed by atoms with van der Waals surface area (Å²) in [5, 5.41) is 3.50. The van der Waals surface area contributed by atoms with Crippen molar-refractivity contribution in [3.63, 3.8) is 0 Å². The number of anilines is 2. The first kappa shape index (κ1) is 34.2. The number of aromatic nitrogens is 1. The molecule has 0 aliphatic carbocycles. The Hall–Kier alpha value is -6.56. The summed E-state index contributed by atoms with van der Waals surface area (Å²) in [5.74, 6) is 1.71. The van der Waals surface area contributed by atoms with Crippen LogP contribution in [0.25, 0.3) is 0 Å². The van der Waals surface area contributed by atoms with Gasteiger partial charge in [-0.1, -0.05) is 30.3 Å². The summed E-state index contributed by atoms with van der Waals surface area (Å²) in [6, 6.07) is 24.9. The first-order valence-corrected chi connectivity index (χ1v) is 18.3. The van der Waals surface area contributed by atoms with Crippen LogP contribution in [0.3, 0.4) is 0 Å². The number of hydrogen-bond acceptors (Lipinski definition) is 10. The molecule has 4 aromatic carbocycles. The number of nitrogens with two attached hydrogens (primary N) is 1. The van der Waals surface area contributed by atoms with E-state index in [9.17, 15) is 9.59 Å². The highest BCUT2D eigenvalue weighted by Crippen LogP contribution is 2.40. The van der Waals surface area contributed by atoms with E-state index >= 15 is 0 Å². The van der Waals surface area contributed by atoms with E-state index in [4.69, 9.17) is 29.7 Å². The lowest BCUT2D eigenvalue weighted by molar-refractivity contribution is 0.0659. The molecule has 4 aliphatic rings. The van der Waals surface area contributed by atoms with Crippen LogP contribution in [0, 0.1) is 0 Å². The summed E-state index contributed by atoms with van der Waals surface area (Å²) in [6.07, 6.45) is 5.01. The molecule has 0 saturated heterocycles. The Kier molecular flexibility index (Phi) is 8.72. The number of benzene rings is 4. The van der Waals surface area contributed by atoms with Crippen molar-refractivity contribution in [1.29, 1.82) is 0 Å². The van der Waals surface area contributed by atoms with Crippen molar-refractivity contribution >= 4 is 35.1 Å². The Labute approximate surface area is 318 Å². The van der Waals surface area contributed by atoms with Gasteiger partial charge in [0.05, 0.1) is 54.5 Å². The molecular weight excluding hydrogens is 697 g/mol. The minimum Gasteiger partial charge on any atom is -0.493 e. The number of nitrogens with one attached hydrogen (secondary N) is 1. The van der Waals surface area contributed by atoms with Crippen molar-refractivity contribution in [2.24, 2.45) is 4.99 Å². The van der Waals surface area contributed by atoms with Crippen molar-refractivity contribution in [1.82, 2.24) is 14.8 Å². The fourth-order valence-corrected chi connectivity index (χ4v) is 7.96. The minimum atomic E-state index is -0.175. The smallest absolute Gasteiger partial charge is 0.257 e. The van der Waals surface area contributed by atoms with Crippen molar-refractivity contribution in [3.05, 3.63) is 130 Å². The number of pyridine rings is 1. The first-order chi connectivity index (χ1) is 26.8. The molecule has 12 heteroatoms. The van der Waals surface area contributed by atoms with Gasteiger partial charge in [0.25, 0.3) is 11.8 Å². The van der Waals surface area contributed by atoms with Gasteiger partial charge >= 0.3 is 0 Å². The molecule has 0 saturated carbocycles. The number of ether oxygens (including phenoxy) is 4. The number of hydrogen-bond donors (Lipinski definition) is 2. The molecule has 5 heterocycles. The van der Waals surface area contributed by atoms with Crippen molar-refractivity contribution in [2.75, 3.05) is 31.8 Å². The third-order valence-electron chi connectivity index (χ3n) is 10.9. The summed E-state index contributed by atoms with van der Waals surface area (Å²) in [7, 11) is 3.12. The average molecular weight is 737 g/mol. The van der Waals surface area contributed by atoms with E-state index in [2.05, 4.69) is 28.5 Å². The number of aliphatic imine (C=N–C) groups is 1. The molecule has 0 unspecified atom stereocenters. The van der Waals surface area contributed by atoms with E-state index in [1.54, 1.807) is 38.6 Å². The number of fused-ring (bicyclic) bond motifs is 6.